The van der Waals surface area contributed by atoms with Gasteiger partial charge in [0.1, 0.15) is 0 Å². The lowest BCUT2D eigenvalue weighted by Gasteiger charge is -2.28. The molecule has 0 aromatic heterocycles. The SMILES string of the molecule is Cc1ccc(CN2CCCN(C(=O)C(C)(C)C)CC2)cc1C. The molecule has 1 heterocycles. The normalized spacial score (nSPS) is 17.4. The molecule has 1 aromatic carbocycles. The van der Waals surface area contributed by atoms with Crippen molar-refractivity contribution in [1.29, 1.82) is 0 Å². The third-order valence-corrected chi connectivity index (χ3v) is 4.49. The summed E-state index contributed by atoms with van der Waals surface area (Å²) >= 11 is 0. The van der Waals surface area contributed by atoms with Crippen molar-refractivity contribution in [2.45, 2.75) is 47.6 Å². The summed E-state index contributed by atoms with van der Waals surface area (Å²) < 4.78 is 0. The maximum Gasteiger partial charge on any atom is 0.227 e. The van der Waals surface area contributed by atoms with Crippen LogP contribution in [0.2, 0.25) is 0 Å². The quantitative estimate of drug-likeness (QED) is 0.836. The average Bonchev–Trinajstić information content (AvgIpc) is 2.67. The molecule has 0 atom stereocenters. The predicted molar refractivity (Wildman–Crippen MR) is 91.8 cm³/mol. The van der Waals surface area contributed by atoms with Gasteiger partial charge in [0.15, 0.2) is 0 Å². The molecule has 0 aliphatic carbocycles. The Labute approximate surface area is 135 Å². The van der Waals surface area contributed by atoms with Gasteiger partial charge in [0.05, 0.1) is 0 Å². The van der Waals surface area contributed by atoms with Gasteiger partial charge < -0.3 is 4.90 Å². The van der Waals surface area contributed by atoms with E-state index in [4.69, 9.17) is 0 Å². The molecule has 2 rings (SSSR count). The van der Waals surface area contributed by atoms with E-state index < -0.39 is 0 Å². The van der Waals surface area contributed by atoms with Gasteiger partial charge >= 0.3 is 0 Å². The summed E-state index contributed by atoms with van der Waals surface area (Å²) in [6, 6.07) is 6.72. The fraction of sp³-hybridized carbons (Fsp3) is 0.632. The number of carbonyl (C=O) groups excluding carboxylic acids is 1. The minimum atomic E-state index is -0.275. The van der Waals surface area contributed by atoms with Gasteiger partial charge in [0.2, 0.25) is 5.91 Å². The van der Waals surface area contributed by atoms with Gasteiger partial charge in [-0.3, -0.25) is 9.69 Å². The number of amides is 1. The highest BCUT2D eigenvalue weighted by atomic mass is 16.2. The summed E-state index contributed by atoms with van der Waals surface area (Å²) in [5.74, 6) is 0.278. The zero-order valence-corrected chi connectivity index (χ0v) is 14.8. The van der Waals surface area contributed by atoms with E-state index in [1.54, 1.807) is 0 Å². The molecule has 1 saturated heterocycles. The summed E-state index contributed by atoms with van der Waals surface area (Å²) in [6.45, 7) is 15.1. The topological polar surface area (TPSA) is 23.6 Å². The van der Waals surface area contributed by atoms with E-state index in [-0.39, 0.29) is 11.3 Å². The first-order valence-corrected chi connectivity index (χ1v) is 8.35. The minimum Gasteiger partial charge on any atom is -0.341 e. The standard InChI is InChI=1S/C19H30N2O/c1-15-7-8-17(13-16(15)2)14-20-9-6-10-21(12-11-20)18(22)19(3,4)5/h7-8,13H,6,9-12,14H2,1-5H3. The first-order chi connectivity index (χ1) is 10.3. The number of hydrogen-bond donors (Lipinski definition) is 0. The van der Waals surface area contributed by atoms with Gasteiger partial charge in [-0.1, -0.05) is 39.0 Å². The van der Waals surface area contributed by atoms with E-state index in [0.29, 0.717) is 0 Å². The van der Waals surface area contributed by atoms with Crippen molar-refractivity contribution in [2.75, 3.05) is 26.2 Å². The van der Waals surface area contributed by atoms with Crippen LogP contribution in [0, 0.1) is 19.3 Å². The Balaban J connectivity index is 1.95. The maximum absolute atomic E-state index is 12.4. The Morgan fingerprint density at radius 1 is 1.05 bits per heavy atom. The highest BCUT2D eigenvalue weighted by Gasteiger charge is 2.28. The van der Waals surface area contributed by atoms with E-state index in [9.17, 15) is 4.79 Å². The van der Waals surface area contributed by atoms with E-state index >= 15 is 0 Å². The number of aryl methyl sites for hydroxylation is 2. The number of hydrogen-bond acceptors (Lipinski definition) is 2. The van der Waals surface area contributed by atoms with E-state index in [1.165, 1.54) is 16.7 Å². The molecule has 3 nitrogen and oxygen atoms in total. The highest BCUT2D eigenvalue weighted by molar-refractivity contribution is 5.81. The molecule has 1 fully saturated rings. The fourth-order valence-electron chi connectivity index (χ4n) is 2.97. The van der Waals surface area contributed by atoms with Crippen molar-refractivity contribution in [3.8, 4) is 0 Å². The minimum absolute atomic E-state index is 0.275. The third-order valence-electron chi connectivity index (χ3n) is 4.49. The molecule has 1 aliphatic rings. The number of carbonyl (C=O) groups is 1. The molecule has 1 aromatic rings. The lowest BCUT2D eigenvalue weighted by Crippen LogP contribution is -2.41. The van der Waals surface area contributed by atoms with Crippen molar-refractivity contribution in [1.82, 2.24) is 9.80 Å². The predicted octanol–water partition coefficient (Wildman–Crippen LogP) is 3.38. The third kappa shape index (κ3) is 4.33. The van der Waals surface area contributed by atoms with Crippen LogP contribution < -0.4 is 0 Å². The number of nitrogens with zero attached hydrogens (tertiary/aromatic N) is 2. The maximum atomic E-state index is 12.4. The summed E-state index contributed by atoms with van der Waals surface area (Å²) in [5.41, 5.74) is 3.81. The summed E-state index contributed by atoms with van der Waals surface area (Å²) in [7, 11) is 0. The lowest BCUT2D eigenvalue weighted by molar-refractivity contribution is -0.139. The van der Waals surface area contributed by atoms with Gasteiger partial charge in [0.25, 0.3) is 0 Å². The van der Waals surface area contributed by atoms with Crippen LogP contribution in [0.1, 0.15) is 43.9 Å². The first-order valence-electron chi connectivity index (χ1n) is 8.35. The monoisotopic (exact) mass is 302 g/mol. The van der Waals surface area contributed by atoms with Crippen LogP contribution in [0.25, 0.3) is 0 Å². The Kier molecular flexibility index (Phi) is 5.28. The van der Waals surface area contributed by atoms with Crippen LogP contribution in [-0.4, -0.2) is 41.9 Å². The van der Waals surface area contributed by atoms with Crippen molar-refractivity contribution >= 4 is 5.91 Å². The molecule has 122 valence electrons. The van der Waals surface area contributed by atoms with Crippen LogP contribution in [0.5, 0.6) is 0 Å². The molecule has 1 amide bonds. The van der Waals surface area contributed by atoms with E-state index in [1.807, 2.05) is 25.7 Å². The second-order valence-electron chi connectivity index (χ2n) is 7.59. The Morgan fingerprint density at radius 2 is 1.77 bits per heavy atom. The second kappa shape index (κ2) is 6.82. The number of benzene rings is 1. The van der Waals surface area contributed by atoms with Gasteiger partial charge in [-0.2, -0.15) is 0 Å². The molecule has 0 spiro atoms. The lowest BCUT2D eigenvalue weighted by atomic mass is 9.94. The van der Waals surface area contributed by atoms with Crippen LogP contribution in [0.4, 0.5) is 0 Å². The smallest absolute Gasteiger partial charge is 0.227 e. The first kappa shape index (κ1) is 17.0. The van der Waals surface area contributed by atoms with Crippen molar-refractivity contribution in [3.05, 3.63) is 34.9 Å². The Hall–Kier alpha value is -1.35. The highest BCUT2D eigenvalue weighted by Crippen LogP contribution is 2.19. The van der Waals surface area contributed by atoms with Gasteiger partial charge in [0, 0.05) is 38.1 Å². The fourth-order valence-corrected chi connectivity index (χ4v) is 2.97. The molecule has 3 heteroatoms. The van der Waals surface area contributed by atoms with Crippen LogP contribution in [0.3, 0.4) is 0 Å². The van der Waals surface area contributed by atoms with Crippen LogP contribution in [-0.2, 0) is 11.3 Å². The molecular formula is C19H30N2O. The van der Waals surface area contributed by atoms with Crippen molar-refractivity contribution in [2.24, 2.45) is 5.41 Å². The number of rotatable bonds is 2. The van der Waals surface area contributed by atoms with Crippen LogP contribution >= 0.6 is 0 Å². The molecule has 1 aliphatic heterocycles. The Morgan fingerprint density at radius 3 is 2.41 bits per heavy atom. The van der Waals surface area contributed by atoms with E-state index in [0.717, 1.165) is 39.1 Å². The molecule has 22 heavy (non-hydrogen) atoms. The molecular weight excluding hydrogens is 272 g/mol. The molecule has 0 saturated carbocycles. The zero-order valence-electron chi connectivity index (χ0n) is 14.8. The summed E-state index contributed by atoms with van der Waals surface area (Å²) in [4.78, 5) is 16.9. The molecule has 0 bridgehead atoms. The van der Waals surface area contributed by atoms with Crippen molar-refractivity contribution in [3.63, 3.8) is 0 Å². The Bertz CT molecular complexity index is 531. The summed E-state index contributed by atoms with van der Waals surface area (Å²) in [6.07, 6.45) is 1.06. The second-order valence-corrected chi connectivity index (χ2v) is 7.59. The average molecular weight is 302 g/mol. The molecule has 0 N–H and O–H groups in total. The van der Waals surface area contributed by atoms with Crippen molar-refractivity contribution < 1.29 is 4.79 Å². The van der Waals surface area contributed by atoms with Gasteiger partial charge in [-0.05, 0) is 37.0 Å². The largest absolute Gasteiger partial charge is 0.341 e. The van der Waals surface area contributed by atoms with Crippen LogP contribution in [0.15, 0.2) is 18.2 Å². The van der Waals surface area contributed by atoms with Gasteiger partial charge in [-0.25, -0.2) is 0 Å². The van der Waals surface area contributed by atoms with E-state index in [2.05, 4.69) is 36.9 Å². The van der Waals surface area contributed by atoms with Gasteiger partial charge in [-0.15, -0.1) is 0 Å². The molecule has 0 radical (unpaired) electrons. The summed E-state index contributed by atoms with van der Waals surface area (Å²) in [5, 5.41) is 0. The molecule has 0 unspecified atom stereocenters. The zero-order chi connectivity index (χ0) is 16.3.